The van der Waals surface area contributed by atoms with E-state index in [0.717, 1.165) is 24.2 Å². The lowest BCUT2D eigenvalue weighted by Gasteiger charge is -2.38. The van der Waals surface area contributed by atoms with Gasteiger partial charge in [-0.2, -0.15) is 0 Å². The molecule has 0 unspecified atom stereocenters. The summed E-state index contributed by atoms with van der Waals surface area (Å²) in [6.45, 7) is 2.61. The van der Waals surface area contributed by atoms with Gasteiger partial charge >= 0.3 is 0 Å². The number of fused-ring (bicyclic) bond motifs is 1. The van der Waals surface area contributed by atoms with E-state index in [1.165, 1.54) is 5.56 Å². The number of carbonyl (C=O) groups excluding carboxylic acids is 1. The molecule has 2 aliphatic rings. The Bertz CT molecular complexity index is 755. The minimum atomic E-state index is -0.825. The molecule has 130 valence electrons. The van der Waals surface area contributed by atoms with Gasteiger partial charge in [-0.25, -0.2) is 0 Å². The maximum Gasteiger partial charge on any atom is 0.241 e. The third-order valence-electron chi connectivity index (χ3n) is 5.43. The largest absolute Gasteiger partial charge is 0.385 e. The Labute approximate surface area is 147 Å². The molecule has 3 heterocycles. The second-order valence-corrected chi connectivity index (χ2v) is 6.97. The number of hydrogen-bond donors (Lipinski definition) is 1. The van der Waals surface area contributed by atoms with E-state index in [9.17, 15) is 9.90 Å². The molecule has 0 saturated carbocycles. The molecule has 1 aromatic carbocycles. The van der Waals surface area contributed by atoms with Crippen molar-refractivity contribution in [3.05, 3.63) is 59.9 Å². The fourth-order valence-electron chi connectivity index (χ4n) is 3.88. The number of anilines is 1. The Balaban J connectivity index is 1.37. The first kappa shape index (κ1) is 16.2. The molecule has 2 aliphatic heterocycles. The number of rotatable bonds is 3. The summed E-state index contributed by atoms with van der Waals surface area (Å²) < 4.78 is 0. The van der Waals surface area contributed by atoms with E-state index in [4.69, 9.17) is 0 Å². The number of amides is 1. The zero-order chi connectivity index (χ0) is 17.3. The molecule has 4 rings (SSSR count). The summed E-state index contributed by atoms with van der Waals surface area (Å²) in [6.07, 6.45) is 5.64. The number of para-hydroxylation sites is 1. The molecule has 5 heteroatoms. The van der Waals surface area contributed by atoms with Crippen LogP contribution in [0, 0.1) is 0 Å². The minimum absolute atomic E-state index is 0.150. The first-order valence-electron chi connectivity index (χ1n) is 8.89. The number of pyridine rings is 1. The van der Waals surface area contributed by atoms with Gasteiger partial charge in [-0.05, 0) is 37.0 Å². The van der Waals surface area contributed by atoms with Crippen LogP contribution in [-0.4, -0.2) is 47.1 Å². The summed E-state index contributed by atoms with van der Waals surface area (Å²) in [5.41, 5.74) is 2.35. The minimum Gasteiger partial charge on any atom is -0.385 e. The molecule has 5 nitrogen and oxygen atoms in total. The highest BCUT2D eigenvalue weighted by molar-refractivity contribution is 5.96. The predicted molar refractivity (Wildman–Crippen MR) is 96.3 cm³/mol. The van der Waals surface area contributed by atoms with Gasteiger partial charge in [0.05, 0.1) is 12.1 Å². The summed E-state index contributed by atoms with van der Waals surface area (Å²) in [6, 6.07) is 11.9. The van der Waals surface area contributed by atoms with E-state index in [-0.39, 0.29) is 5.91 Å². The fourth-order valence-corrected chi connectivity index (χ4v) is 3.88. The van der Waals surface area contributed by atoms with Crippen molar-refractivity contribution in [3.63, 3.8) is 0 Å². The van der Waals surface area contributed by atoms with Crippen molar-refractivity contribution in [2.24, 2.45) is 0 Å². The Morgan fingerprint density at radius 1 is 1.12 bits per heavy atom. The Kier molecular flexibility index (Phi) is 4.27. The van der Waals surface area contributed by atoms with Crippen LogP contribution in [0.4, 0.5) is 5.69 Å². The molecule has 1 saturated heterocycles. The van der Waals surface area contributed by atoms with Crippen molar-refractivity contribution in [2.45, 2.75) is 24.9 Å². The highest BCUT2D eigenvalue weighted by Crippen LogP contribution is 2.32. The molecule has 1 fully saturated rings. The third-order valence-corrected chi connectivity index (χ3v) is 5.43. The van der Waals surface area contributed by atoms with Gasteiger partial charge in [0, 0.05) is 43.3 Å². The number of carbonyl (C=O) groups is 1. The van der Waals surface area contributed by atoms with Crippen molar-refractivity contribution < 1.29 is 9.90 Å². The van der Waals surface area contributed by atoms with Crippen LogP contribution in [0.3, 0.4) is 0 Å². The molecule has 2 aromatic rings. The lowest BCUT2D eigenvalue weighted by molar-refractivity contribution is -0.121. The Morgan fingerprint density at radius 2 is 1.92 bits per heavy atom. The van der Waals surface area contributed by atoms with Gasteiger partial charge in [0.2, 0.25) is 5.91 Å². The van der Waals surface area contributed by atoms with Crippen molar-refractivity contribution in [2.75, 3.05) is 31.1 Å². The molecule has 0 radical (unpaired) electrons. The average molecular weight is 337 g/mol. The van der Waals surface area contributed by atoms with Crippen LogP contribution in [-0.2, 0) is 16.8 Å². The molecule has 1 N–H and O–H groups in total. The molecule has 25 heavy (non-hydrogen) atoms. The number of nitrogens with zero attached hydrogens (tertiary/aromatic N) is 3. The van der Waals surface area contributed by atoms with Crippen molar-refractivity contribution in [3.8, 4) is 0 Å². The predicted octanol–water partition coefficient (Wildman–Crippen LogP) is 1.95. The zero-order valence-electron chi connectivity index (χ0n) is 14.3. The maximum absolute atomic E-state index is 12.7. The molecular weight excluding hydrogens is 314 g/mol. The summed E-state index contributed by atoms with van der Waals surface area (Å²) in [7, 11) is 0. The highest BCUT2D eigenvalue weighted by atomic mass is 16.3. The van der Waals surface area contributed by atoms with Gasteiger partial charge in [0.25, 0.3) is 0 Å². The number of piperidine rings is 1. The van der Waals surface area contributed by atoms with Gasteiger partial charge in [-0.15, -0.1) is 0 Å². The molecule has 0 atom stereocenters. The fraction of sp³-hybridized carbons (Fsp3) is 0.400. The number of likely N-dealkylation sites (tertiary alicyclic amines) is 1. The van der Waals surface area contributed by atoms with Crippen LogP contribution < -0.4 is 4.90 Å². The van der Waals surface area contributed by atoms with Crippen molar-refractivity contribution in [1.29, 1.82) is 0 Å². The second-order valence-electron chi connectivity index (χ2n) is 6.97. The summed E-state index contributed by atoms with van der Waals surface area (Å²) in [5, 5.41) is 10.9. The van der Waals surface area contributed by atoms with Crippen molar-refractivity contribution >= 4 is 11.6 Å². The normalized spacial score (nSPS) is 19.6. The molecule has 0 aliphatic carbocycles. The lowest BCUT2D eigenvalue weighted by Crippen LogP contribution is -2.47. The van der Waals surface area contributed by atoms with Crippen LogP contribution in [0.5, 0.6) is 0 Å². The average Bonchev–Trinajstić information content (AvgIpc) is 3.09. The monoisotopic (exact) mass is 337 g/mol. The summed E-state index contributed by atoms with van der Waals surface area (Å²) in [5.74, 6) is 0.150. The molecule has 0 spiro atoms. The molecule has 1 amide bonds. The zero-order valence-corrected chi connectivity index (χ0v) is 14.3. The van der Waals surface area contributed by atoms with E-state index in [2.05, 4.69) is 16.0 Å². The first-order chi connectivity index (χ1) is 12.2. The van der Waals surface area contributed by atoms with Crippen LogP contribution in [0.25, 0.3) is 0 Å². The van der Waals surface area contributed by atoms with Gasteiger partial charge in [-0.3, -0.25) is 14.7 Å². The number of benzene rings is 1. The first-order valence-corrected chi connectivity index (χ1v) is 8.89. The van der Waals surface area contributed by atoms with Crippen LogP contribution >= 0.6 is 0 Å². The molecule has 0 bridgehead atoms. The van der Waals surface area contributed by atoms with Crippen LogP contribution in [0.2, 0.25) is 0 Å². The Hall–Kier alpha value is -2.24. The van der Waals surface area contributed by atoms with Crippen molar-refractivity contribution in [1.82, 2.24) is 9.88 Å². The number of aliphatic hydroxyl groups is 1. The van der Waals surface area contributed by atoms with Crippen LogP contribution in [0.15, 0.2) is 48.8 Å². The highest BCUT2D eigenvalue weighted by Gasteiger charge is 2.35. The quantitative estimate of drug-likeness (QED) is 0.930. The Morgan fingerprint density at radius 3 is 2.68 bits per heavy atom. The lowest BCUT2D eigenvalue weighted by atomic mass is 9.85. The SMILES string of the molecule is O=C(CN1CCC(O)(c2cccnc2)CC1)N1CCc2ccccc21. The summed E-state index contributed by atoms with van der Waals surface area (Å²) in [4.78, 5) is 20.9. The van der Waals surface area contributed by atoms with E-state index in [1.54, 1.807) is 12.4 Å². The van der Waals surface area contributed by atoms with Gasteiger partial charge in [0.15, 0.2) is 0 Å². The topological polar surface area (TPSA) is 56.7 Å². The van der Waals surface area contributed by atoms with E-state index in [0.29, 0.717) is 32.5 Å². The van der Waals surface area contributed by atoms with Gasteiger partial charge < -0.3 is 10.0 Å². The van der Waals surface area contributed by atoms with E-state index >= 15 is 0 Å². The molecular formula is C20H23N3O2. The van der Waals surface area contributed by atoms with Gasteiger partial charge in [-0.1, -0.05) is 24.3 Å². The van der Waals surface area contributed by atoms with Crippen LogP contribution in [0.1, 0.15) is 24.0 Å². The number of hydrogen-bond acceptors (Lipinski definition) is 4. The number of aromatic nitrogens is 1. The standard InChI is InChI=1S/C20H23N3O2/c24-19(23-11-7-16-4-1-2-6-18(16)23)15-22-12-8-20(25,9-13-22)17-5-3-10-21-14-17/h1-6,10,14,25H,7-9,11-13,15H2. The smallest absolute Gasteiger partial charge is 0.241 e. The van der Waals surface area contributed by atoms with E-state index < -0.39 is 5.60 Å². The van der Waals surface area contributed by atoms with Gasteiger partial charge in [0.1, 0.15) is 0 Å². The molecule has 1 aromatic heterocycles. The van der Waals surface area contributed by atoms with E-state index in [1.807, 2.05) is 35.2 Å². The summed E-state index contributed by atoms with van der Waals surface area (Å²) >= 11 is 0. The maximum atomic E-state index is 12.7. The third kappa shape index (κ3) is 3.17. The second kappa shape index (κ2) is 6.58.